The molecule has 1 atom stereocenters. The fourth-order valence-electron chi connectivity index (χ4n) is 3.31. The minimum Gasteiger partial charge on any atom is -0.383 e. The number of anilines is 1. The number of methoxy groups -OCH3 is 1. The number of ether oxygens (including phenoxy) is 1. The molecule has 184 valence electrons. The Kier molecular flexibility index (Phi) is 10.2. The summed E-state index contributed by atoms with van der Waals surface area (Å²) in [6.45, 7) is 8.33. The number of hydrogen-bond acceptors (Lipinski definition) is 5. The molecule has 1 heterocycles. The van der Waals surface area contributed by atoms with Gasteiger partial charge in [-0.3, -0.25) is 14.4 Å². The van der Waals surface area contributed by atoms with Crippen LogP contribution in [0.4, 0.5) is 5.82 Å². The number of amides is 3. The predicted octanol–water partition coefficient (Wildman–Crippen LogP) is 3.63. The molecule has 8 nitrogen and oxygen atoms in total. The molecule has 8 heteroatoms. The third-order valence-electron chi connectivity index (χ3n) is 5.65. The Labute approximate surface area is 202 Å². The SMILES string of the molecule is CCC(C)(C)NC(=O)C(c1ccc(C)cc1)N(CCOC)C(=O)CCC(=O)Nc1ccccn1. The molecule has 1 unspecified atom stereocenters. The number of hydrogen-bond donors (Lipinski definition) is 2. The maximum Gasteiger partial charge on any atom is 0.247 e. The molecule has 1 aromatic carbocycles. The minimum atomic E-state index is -0.840. The van der Waals surface area contributed by atoms with Gasteiger partial charge in [-0.05, 0) is 44.9 Å². The van der Waals surface area contributed by atoms with E-state index in [1.807, 2.05) is 52.0 Å². The number of rotatable bonds is 12. The first kappa shape index (κ1) is 27.0. The van der Waals surface area contributed by atoms with E-state index in [1.165, 1.54) is 4.90 Å². The number of nitrogens with zero attached hydrogens (tertiary/aromatic N) is 2. The van der Waals surface area contributed by atoms with E-state index >= 15 is 0 Å². The Bertz CT molecular complexity index is 945. The van der Waals surface area contributed by atoms with E-state index in [-0.39, 0.29) is 43.7 Å². The lowest BCUT2D eigenvalue weighted by atomic mass is 9.98. The molecular weight excluding hydrogens is 432 g/mol. The summed E-state index contributed by atoms with van der Waals surface area (Å²) < 4.78 is 5.22. The van der Waals surface area contributed by atoms with Crippen LogP contribution in [0.25, 0.3) is 0 Å². The molecule has 2 aromatic rings. The van der Waals surface area contributed by atoms with Crippen LogP contribution in [0.1, 0.15) is 57.2 Å². The molecule has 0 spiro atoms. The maximum absolute atomic E-state index is 13.5. The zero-order chi connectivity index (χ0) is 25.1. The topological polar surface area (TPSA) is 101 Å². The van der Waals surface area contributed by atoms with Crippen molar-refractivity contribution in [2.45, 2.75) is 58.5 Å². The highest BCUT2D eigenvalue weighted by Gasteiger charge is 2.33. The first-order valence-electron chi connectivity index (χ1n) is 11.5. The van der Waals surface area contributed by atoms with Gasteiger partial charge in [-0.25, -0.2) is 4.98 Å². The summed E-state index contributed by atoms with van der Waals surface area (Å²) in [6, 6.07) is 11.9. The highest BCUT2D eigenvalue weighted by atomic mass is 16.5. The van der Waals surface area contributed by atoms with Gasteiger partial charge in [-0.15, -0.1) is 0 Å². The molecule has 0 saturated heterocycles. The second kappa shape index (κ2) is 12.8. The van der Waals surface area contributed by atoms with Gasteiger partial charge in [0.2, 0.25) is 17.7 Å². The predicted molar refractivity (Wildman–Crippen MR) is 132 cm³/mol. The van der Waals surface area contributed by atoms with Crippen LogP contribution < -0.4 is 10.6 Å². The number of nitrogens with one attached hydrogen (secondary N) is 2. The van der Waals surface area contributed by atoms with Gasteiger partial charge in [-0.2, -0.15) is 0 Å². The Balaban J connectivity index is 2.25. The standard InChI is InChI=1S/C26H36N4O4/c1-6-26(3,4)29-25(33)24(20-12-10-19(2)11-13-20)30(17-18-34-5)23(32)15-14-22(31)28-21-9-7-8-16-27-21/h7-13,16,24H,6,14-15,17-18H2,1-5H3,(H,29,33)(H,27,28,31). The first-order chi connectivity index (χ1) is 16.2. The average molecular weight is 469 g/mol. The lowest BCUT2D eigenvalue weighted by Crippen LogP contribution is -2.51. The Hall–Kier alpha value is -3.26. The van der Waals surface area contributed by atoms with Crippen LogP contribution in [0.2, 0.25) is 0 Å². The van der Waals surface area contributed by atoms with Gasteiger partial charge in [0.05, 0.1) is 6.61 Å². The third kappa shape index (κ3) is 8.26. The van der Waals surface area contributed by atoms with Gasteiger partial charge in [-0.1, -0.05) is 42.8 Å². The van der Waals surface area contributed by atoms with Crippen LogP contribution in [0.15, 0.2) is 48.7 Å². The van der Waals surface area contributed by atoms with Crippen molar-refractivity contribution in [3.8, 4) is 0 Å². The number of aryl methyl sites for hydroxylation is 1. The van der Waals surface area contributed by atoms with Crippen LogP contribution in [0.5, 0.6) is 0 Å². The lowest BCUT2D eigenvalue weighted by Gasteiger charge is -2.34. The summed E-state index contributed by atoms with van der Waals surface area (Å²) in [5, 5.41) is 5.75. The van der Waals surface area contributed by atoms with Gasteiger partial charge in [0.25, 0.3) is 0 Å². The molecule has 0 fully saturated rings. The van der Waals surface area contributed by atoms with Crippen molar-refractivity contribution in [1.29, 1.82) is 0 Å². The molecule has 0 aliphatic carbocycles. The van der Waals surface area contributed by atoms with Gasteiger partial charge < -0.3 is 20.3 Å². The van der Waals surface area contributed by atoms with Crippen LogP contribution >= 0.6 is 0 Å². The molecule has 3 amide bonds. The van der Waals surface area contributed by atoms with E-state index in [1.54, 1.807) is 31.5 Å². The van der Waals surface area contributed by atoms with Crippen molar-refractivity contribution >= 4 is 23.5 Å². The van der Waals surface area contributed by atoms with E-state index in [0.717, 1.165) is 12.0 Å². The van der Waals surface area contributed by atoms with Crippen LogP contribution in [-0.2, 0) is 19.1 Å². The van der Waals surface area contributed by atoms with Gasteiger partial charge >= 0.3 is 0 Å². The Morgan fingerprint density at radius 3 is 2.38 bits per heavy atom. The highest BCUT2D eigenvalue weighted by Crippen LogP contribution is 2.24. The van der Waals surface area contributed by atoms with Gasteiger partial charge in [0.1, 0.15) is 11.9 Å². The van der Waals surface area contributed by atoms with E-state index in [2.05, 4.69) is 15.6 Å². The molecular formula is C26H36N4O4. The van der Waals surface area contributed by atoms with Crippen molar-refractivity contribution < 1.29 is 19.1 Å². The van der Waals surface area contributed by atoms with E-state index in [4.69, 9.17) is 4.74 Å². The van der Waals surface area contributed by atoms with Gasteiger partial charge in [0, 0.05) is 38.2 Å². The number of aromatic nitrogens is 1. The van der Waals surface area contributed by atoms with E-state index < -0.39 is 11.6 Å². The molecule has 0 saturated carbocycles. The van der Waals surface area contributed by atoms with E-state index in [9.17, 15) is 14.4 Å². The molecule has 0 bridgehead atoms. The highest BCUT2D eigenvalue weighted by molar-refractivity contribution is 5.94. The van der Waals surface area contributed by atoms with Crippen molar-refractivity contribution in [3.63, 3.8) is 0 Å². The number of carbonyl (C=O) groups excluding carboxylic acids is 3. The molecule has 34 heavy (non-hydrogen) atoms. The summed E-state index contributed by atoms with van der Waals surface area (Å²) >= 11 is 0. The zero-order valence-electron chi connectivity index (χ0n) is 20.8. The van der Waals surface area contributed by atoms with Crippen LogP contribution in [0.3, 0.4) is 0 Å². The summed E-state index contributed by atoms with van der Waals surface area (Å²) in [4.78, 5) is 44.7. The average Bonchev–Trinajstić information content (AvgIpc) is 2.81. The fourth-order valence-corrected chi connectivity index (χ4v) is 3.31. The number of carbonyl (C=O) groups is 3. The molecule has 0 aliphatic rings. The molecule has 0 radical (unpaired) electrons. The normalized spacial score (nSPS) is 12.0. The third-order valence-corrected chi connectivity index (χ3v) is 5.65. The zero-order valence-corrected chi connectivity index (χ0v) is 20.8. The first-order valence-corrected chi connectivity index (χ1v) is 11.5. The fraction of sp³-hybridized carbons (Fsp3) is 0.462. The summed E-state index contributed by atoms with van der Waals surface area (Å²) in [5.74, 6) is -0.460. The number of benzene rings is 1. The molecule has 1 aromatic heterocycles. The van der Waals surface area contributed by atoms with Crippen molar-refractivity contribution in [3.05, 3.63) is 59.8 Å². The largest absolute Gasteiger partial charge is 0.383 e. The van der Waals surface area contributed by atoms with Crippen LogP contribution in [0, 0.1) is 6.92 Å². The quantitative estimate of drug-likeness (QED) is 0.495. The van der Waals surface area contributed by atoms with Crippen molar-refractivity contribution in [2.75, 3.05) is 25.6 Å². The Morgan fingerprint density at radius 1 is 1.09 bits per heavy atom. The summed E-state index contributed by atoms with van der Waals surface area (Å²) in [7, 11) is 1.55. The second-order valence-corrected chi connectivity index (χ2v) is 8.88. The van der Waals surface area contributed by atoms with Crippen molar-refractivity contribution in [2.24, 2.45) is 0 Å². The van der Waals surface area contributed by atoms with Crippen LogP contribution in [-0.4, -0.2) is 53.4 Å². The smallest absolute Gasteiger partial charge is 0.247 e. The lowest BCUT2D eigenvalue weighted by molar-refractivity contribution is -0.142. The molecule has 2 N–H and O–H groups in total. The summed E-state index contributed by atoms with van der Waals surface area (Å²) in [6.07, 6.45) is 2.24. The molecule has 2 rings (SSSR count). The number of pyridine rings is 1. The monoisotopic (exact) mass is 468 g/mol. The summed E-state index contributed by atoms with van der Waals surface area (Å²) in [5.41, 5.74) is 1.33. The maximum atomic E-state index is 13.5. The Morgan fingerprint density at radius 2 is 1.79 bits per heavy atom. The van der Waals surface area contributed by atoms with Gasteiger partial charge in [0.15, 0.2) is 0 Å². The minimum absolute atomic E-state index is 0.0262. The van der Waals surface area contributed by atoms with Crippen molar-refractivity contribution in [1.82, 2.24) is 15.2 Å². The van der Waals surface area contributed by atoms with E-state index in [0.29, 0.717) is 11.4 Å². The second-order valence-electron chi connectivity index (χ2n) is 8.88. The molecule has 0 aliphatic heterocycles.